The minimum Gasteiger partial charge on any atom is -0.377 e. The molecule has 2 aromatic heterocycles. The van der Waals surface area contributed by atoms with E-state index in [1.54, 1.807) is 7.05 Å². The molecule has 1 aromatic carbocycles. The normalized spacial score (nSPS) is 19.0. The molecular formula is C26H30N6O3S. The number of carbonyl (C=O) groups excluding carboxylic acids is 2. The molecule has 9 nitrogen and oxygen atoms in total. The summed E-state index contributed by atoms with van der Waals surface area (Å²) in [6.07, 6.45) is 3.53. The van der Waals surface area contributed by atoms with Crippen molar-refractivity contribution in [3.63, 3.8) is 0 Å². The van der Waals surface area contributed by atoms with Crippen molar-refractivity contribution < 1.29 is 14.3 Å². The fourth-order valence-corrected chi connectivity index (χ4v) is 6.16. The summed E-state index contributed by atoms with van der Waals surface area (Å²) in [6.45, 7) is 5.94. The molecule has 1 fully saturated rings. The molecule has 0 bridgehead atoms. The first-order chi connectivity index (χ1) is 17.2. The molecule has 2 aliphatic rings. The van der Waals surface area contributed by atoms with E-state index in [-0.39, 0.29) is 29.9 Å². The maximum absolute atomic E-state index is 12.8. The quantitative estimate of drug-likeness (QED) is 0.534. The minimum absolute atomic E-state index is 0.0416. The molecule has 0 aliphatic carbocycles. The zero-order valence-electron chi connectivity index (χ0n) is 21.0. The molecule has 0 unspecified atom stereocenters. The second-order valence-corrected chi connectivity index (χ2v) is 11.2. The first-order valence-electron chi connectivity index (χ1n) is 12.0. The zero-order chi connectivity index (χ0) is 25.6. The van der Waals surface area contributed by atoms with Crippen molar-refractivity contribution in [3.8, 4) is 6.07 Å². The fraction of sp³-hybridized carbons (Fsp3) is 0.462. The molecule has 0 spiro atoms. The topological polar surface area (TPSA) is 103 Å². The Balaban J connectivity index is 1.45. The average molecular weight is 507 g/mol. The van der Waals surface area contributed by atoms with Crippen molar-refractivity contribution in [2.24, 2.45) is 7.05 Å². The number of carbonyl (C=O) groups is 2. The van der Waals surface area contributed by atoms with Gasteiger partial charge in [-0.3, -0.25) is 9.59 Å². The Kier molecular flexibility index (Phi) is 6.22. The molecule has 0 radical (unpaired) electrons. The molecule has 3 aromatic rings. The molecule has 0 saturated carbocycles. The fourth-order valence-electron chi connectivity index (χ4n) is 5.08. The molecular weight excluding hydrogens is 476 g/mol. The lowest BCUT2D eigenvalue weighted by molar-refractivity contribution is 0.0811. The number of nitriles is 1. The van der Waals surface area contributed by atoms with E-state index >= 15 is 0 Å². The summed E-state index contributed by atoms with van der Waals surface area (Å²) in [6, 6.07) is 7.76. The van der Waals surface area contributed by atoms with Gasteiger partial charge >= 0.3 is 0 Å². The number of thiazole rings is 1. The highest BCUT2D eigenvalue weighted by Gasteiger charge is 2.35. The number of hydrogen-bond acceptors (Lipinski definition) is 7. The van der Waals surface area contributed by atoms with E-state index in [1.165, 1.54) is 16.2 Å². The Bertz CT molecular complexity index is 1380. The van der Waals surface area contributed by atoms with Crippen molar-refractivity contribution in [2.75, 3.05) is 38.3 Å². The van der Waals surface area contributed by atoms with E-state index in [2.05, 4.69) is 21.0 Å². The van der Waals surface area contributed by atoms with Gasteiger partial charge in [0.05, 0.1) is 31.0 Å². The van der Waals surface area contributed by atoms with Gasteiger partial charge in [-0.1, -0.05) is 11.3 Å². The number of nitrogens with zero attached hydrogens (tertiary/aromatic N) is 5. The van der Waals surface area contributed by atoms with Gasteiger partial charge in [-0.15, -0.1) is 0 Å². The third kappa shape index (κ3) is 4.45. The SMILES string of the molecule is CN(CC#N)C(=O)c1ccc2c(c1)c(C[C@H]1COCCN1c1nc3c(s1)C(=O)NC(C)(C)C3)cn2C. The highest BCUT2D eigenvalue weighted by Crippen LogP contribution is 2.35. The second kappa shape index (κ2) is 9.22. The van der Waals surface area contributed by atoms with Crippen LogP contribution in [0.1, 0.15) is 45.1 Å². The number of ether oxygens (including phenoxy) is 1. The van der Waals surface area contributed by atoms with Crippen LogP contribution >= 0.6 is 11.3 Å². The Morgan fingerprint density at radius 3 is 3.00 bits per heavy atom. The van der Waals surface area contributed by atoms with Crippen LogP contribution in [0.25, 0.3) is 10.9 Å². The first-order valence-corrected chi connectivity index (χ1v) is 12.9. The van der Waals surface area contributed by atoms with Crippen LogP contribution in [0.15, 0.2) is 24.4 Å². The van der Waals surface area contributed by atoms with Gasteiger partial charge < -0.3 is 24.4 Å². The largest absolute Gasteiger partial charge is 0.377 e. The Morgan fingerprint density at radius 1 is 1.42 bits per heavy atom. The average Bonchev–Trinajstić information content (AvgIpc) is 3.39. The van der Waals surface area contributed by atoms with Crippen LogP contribution in [-0.2, 0) is 24.6 Å². The maximum Gasteiger partial charge on any atom is 0.263 e. The number of aryl methyl sites for hydroxylation is 1. The number of nitrogens with one attached hydrogen (secondary N) is 1. The van der Waals surface area contributed by atoms with Crippen molar-refractivity contribution in [1.29, 1.82) is 5.26 Å². The van der Waals surface area contributed by atoms with E-state index in [4.69, 9.17) is 15.0 Å². The van der Waals surface area contributed by atoms with Crippen LogP contribution < -0.4 is 10.2 Å². The van der Waals surface area contributed by atoms with Gasteiger partial charge in [0, 0.05) is 55.3 Å². The predicted molar refractivity (Wildman–Crippen MR) is 139 cm³/mol. The van der Waals surface area contributed by atoms with Crippen LogP contribution in [-0.4, -0.2) is 71.2 Å². The van der Waals surface area contributed by atoms with Crippen molar-refractivity contribution in [2.45, 2.75) is 38.3 Å². The second-order valence-electron chi connectivity index (χ2n) is 10.2. The molecule has 2 amide bonds. The monoisotopic (exact) mass is 506 g/mol. The standard InChI is InChI=1S/C26H30N6O3S/c1-26(2)13-20-22(23(33)29-26)36-25(28-20)32-9-10-35-15-18(32)11-17-14-31(4)21-6-5-16(12-19(17)21)24(34)30(3)8-7-27/h5-6,12,14,18H,8-11,13,15H2,1-4H3,(H,29,33)/t18-/m0/s1. The van der Waals surface area contributed by atoms with E-state index in [9.17, 15) is 9.59 Å². The Morgan fingerprint density at radius 2 is 2.22 bits per heavy atom. The molecule has 1 N–H and O–H groups in total. The van der Waals surface area contributed by atoms with Crippen LogP contribution in [0.5, 0.6) is 0 Å². The van der Waals surface area contributed by atoms with Crippen molar-refractivity contribution in [1.82, 2.24) is 19.8 Å². The number of aromatic nitrogens is 2. The minimum atomic E-state index is -0.306. The number of benzene rings is 1. The molecule has 36 heavy (non-hydrogen) atoms. The summed E-state index contributed by atoms with van der Waals surface area (Å²) < 4.78 is 7.93. The Hall–Kier alpha value is -3.42. The number of morpholine rings is 1. The summed E-state index contributed by atoms with van der Waals surface area (Å²) >= 11 is 1.45. The van der Waals surface area contributed by atoms with Crippen molar-refractivity contribution >= 4 is 39.2 Å². The van der Waals surface area contributed by atoms with E-state index in [0.717, 1.165) is 27.3 Å². The summed E-state index contributed by atoms with van der Waals surface area (Å²) in [7, 11) is 3.63. The van der Waals surface area contributed by atoms with Gasteiger partial charge in [0.1, 0.15) is 11.4 Å². The van der Waals surface area contributed by atoms with Crippen LogP contribution in [0.4, 0.5) is 5.13 Å². The number of rotatable bonds is 5. The number of hydrogen-bond donors (Lipinski definition) is 1. The predicted octanol–water partition coefficient (Wildman–Crippen LogP) is 2.74. The maximum atomic E-state index is 12.8. The van der Waals surface area contributed by atoms with Gasteiger partial charge in [0.2, 0.25) is 0 Å². The lowest BCUT2D eigenvalue weighted by Crippen LogP contribution is -2.48. The van der Waals surface area contributed by atoms with E-state index in [1.807, 2.05) is 45.2 Å². The molecule has 10 heteroatoms. The van der Waals surface area contributed by atoms with Crippen molar-refractivity contribution in [3.05, 3.63) is 46.1 Å². The first kappa shape index (κ1) is 24.3. The molecule has 1 saturated heterocycles. The summed E-state index contributed by atoms with van der Waals surface area (Å²) in [5, 5.41) is 13.9. The summed E-state index contributed by atoms with van der Waals surface area (Å²) in [4.78, 5) is 34.7. The third-order valence-electron chi connectivity index (χ3n) is 6.86. The van der Waals surface area contributed by atoms with Crippen LogP contribution in [0.3, 0.4) is 0 Å². The highest BCUT2D eigenvalue weighted by atomic mass is 32.1. The molecule has 2 aliphatic heterocycles. The Labute approximate surface area is 214 Å². The van der Waals surface area contributed by atoms with Gasteiger partial charge in [-0.05, 0) is 44.0 Å². The lowest BCUT2D eigenvalue weighted by atomic mass is 9.94. The molecule has 5 rings (SSSR count). The van der Waals surface area contributed by atoms with Gasteiger partial charge in [-0.25, -0.2) is 4.98 Å². The van der Waals surface area contributed by atoms with E-state index in [0.29, 0.717) is 43.0 Å². The third-order valence-corrected chi connectivity index (χ3v) is 7.99. The molecule has 188 valence electrons. The summed E-state index contributed by atoms with van der Waals surface area (Å²) in [5.41, 5.74) is 3.27. The molecule has 4 heterocycles. The van der Waals surface area contributed by atoms with Gasteiger partial charge in [0.25, 0.3) is 11.8 Å². The molecule has 1 atom stereocenters. The van der Waals surface area contributed by atoms with Gasteiger partial charge in [0.15, 0.2) is 5.13 Å². The van der Waals surface area contributed by atoms with Gasteiger partial charge in [-0.2, -0.15) is 5.26 Å². The zero-order valence-corrected chi connectivity index (χ0v) is 21.8. The van der Waals surface area contributed by atoms with E-state index < -0.39 is 0 Å². The van der Waals surface area contributed by atoms with Crippen LogP contribution in [0, 0.1) is 11.3 Å². The number of amides is 2. The summed E-state index contributed by atoms with van der Waals surface area (Å²) in [5.74, 6) is -0.229. The smallest absolute Gasteiger partial charge is 0.263 e. The lowest BCUT2D eigenvalue weighted by Gasteiger charge is -2.35. The number of anilines is 1. The number of fused-ring (bicyclic) bond motifs is 2. The van der Waals surface area contributed by atoms with Crippen LogP contribution in [0.2, 0.25) is 0 Å². The highest BCUT2D eigenvalue weighted by molar-refractivity contribution is 7.17.